The summed E-state index contributed by atoms with van der Waals surface area (Å²) in [7, 11) is 0. The molecule has 124 valence electrons. The lowest BCUT2D eigenvalue weighted by Crippen LogP contribution is -1.95. The highest BCUT2D eigenvalue weighted by molar-refractivity contribution is 5.91. The lowest BCUT2D eigenvalue weighted by Gasteiger charge is -2.00. The summed E-state index contributed by atoms with van der Waals surface area (Å²) in [5.41, 5.74) is 2.52. The SMILES string of the molecule is N#C/C(=C/c1ccc(-c2ccc(C#N)cc2)o1)c1ccc(C(=O)O)cc1. The van der Waals surface area contributed by atoms with Crippen molar-refractivity contribution in [3.8, 4) is 23.5 Å². The fourth-order valence-electron chi connectivity index (χ4n) is 2.41. The number of hydrogen-bond acceptors (Lipinski definition) is 4. The van der Waals surface area contributed by atoms with Gasteiger partial charge in [0.25, 0.3) is 0 Å². The Morgan fingerprint density at radius 3 is 2.15 bits per heavy atom. The Hall–Kier alpha value is -4.09. The van der Waals surface area contributed by atoms with Crippen LogP contribution in [0.25, 0.3) is 23.0 Å². The molecule has 1 aromatic heterocycles. The number of carboxylic acid groups (broad SMARTS) is 1. The summed E-state index contributed by atoms with van der Waals surface area (Å²) in [5, 5.41) is 27.2. The first kappa shape index (κ1) is 16.8. The fourth-order valence-corrected chi connectivity index (χ4v) is 2.41. The van der Waals surface area contributed by atoms with Gasteiger partial charge in [-0.05, 0) is 60.2 Å². The molecular weight excluding hydrogens is 328 g/mol. The van der Waals surface area contributed by atoms with Crippen molar-refractivity contribution < 1.29 is 14.3 Å². The second-order valence-electron chi connectivity index (χ2n) is 5.44. The van der Waals surface area contributed by atoms with Crippen LogP contribution in [0, 0.1) is 22.7 Å². The van der Waals surface area contributed by atoms with E-state index < -0.39 is 5.97 Å². The first-order chi connectivity index (χ1) is 12.6. The van der Waals surface area contributed by atoms with Crippen LogP contribution in [0.4, 0.5) is 0 Å². The highest BCUT2D eigenvalue weighted by Crippen LogP contribution is 2.25. The van der Waals surface area contributed by atoms with Crippen molar-refractivity contribution in [2.24, 2.45) is 0 Å². The van der Waals surface area contributed by atoms with Gasteiger partial charge in [-0.25, -0.2) is 4.79 Å². The second kappa shape index (κ2) is 7.21. The van der Waals surface area contributed by atoms with Crippen molar-refractivity contribution in [2.75, 3.05) is 0 Å². The average molecular weight is 340 g/mol. The van der Waals surface area contributed by atoms with Gasteiger partial charge in [-0.15, -0.1) is 0 Å². The van der Waals surface area contributed by atoms with Gasteiger partial charge >= 0.3 is 5.97 Å². The molecule has 5 heteroatoms. The molecule has 0 bridgehead atoms. The van der Waals surface area contributed by atoms with Gasteiger partial charge in [-0.3, -0.25) is 0 Å². The van der Waals surface area contributed by atoms with E-state index in [9.17, 15) is 10.1 Å². The number of aromatic carboxylic acids is 1. The third-order valence-electron chi connectivity index (χ3n) is 3.78. The Morgan fingerprint density at radius 1 is 0.923 bits per heavy atom. The van der Waals surface area contributed by atoms with E-state index in [-0.39, 0.29) is 5.56 Å². The van der Waals surface area contributed by atoms with E-state index >= 15 is 0 Å². The summed E-state index contributed by atoms with van der Waals surface area (Å²) < 4.78 is 5.75. The Labute approximate surface area is 149 Å². The van der Waals surface area contributed by atoms with E-state index in [1.165, 1.54) is 12.1 Å². The molecule has 0 unspecified atom stereocenters. The molecule has 1 N–H and O–H groups in total. The summed E-state index contributed by atoms with van der Waals surface area (Å²) in [6.45, 7) is 0. The summed E-state index contributed by atoms with van der Waals surface area (Å²) in [6.07, 6.45) is 1.60. The van der Waals surface area contributed by atoms with Gasteiger partial charge < -0.3 is 9.52 Å². The van der Waals surface area contributed by atoms with Crippen LogP contribution in [0.2, 0.25) is 0 Å². The first-order valence-corrected chi connectivity index (χ1v) is 7.66. The predicted octanol–water partition coefficient (Wildman–Crippen LogP) is 4.58. The van der Waals surface area contributed by atoms with Crippen LogP contribution in [0.15, 0.2) is 65.1 Å². The summed E-state index contributed by atoms with van der Waals surface area (Å²) >= 11 is 0. The lowest BCUT2D eigenvalue weighted by atomic mass is 10.0. The summed E-state index contributed by atoms with van der Waals surface area (Å²) in [5.74, 6) is 0.111. The second-order valence-corrected chi connectivity index (χ2v) is 5.44. The zero-order chi connectivity index (χ0) is 18.5. The van der Waals surface area contributed by atoms with Crippen LogP contribution in [0.1, 0.15) is 27.2 Å². The molecule has 0 atom stereocenters. The highest BCUT2D eigenvalue weighted by Gasteiger charge is 2.08. The molecule has 0 amide bonds. The minimum absolute atomic E-state index is 0.159. The number of rotatable bonds is 4. The number of carboxylic acids is 1. The Balaban J connectivity index is 1.88. The molecule has 3 aromatic rings. The van der Waals surface area contributed by atoms with Crippen LogP contribution < -0.4 is 0 Å². The number of allylic oxidation sites excluding steroid dienone is 1. The molecule has 0 radical (unpaired) electrons. The first-order valence-electron chi connectivity index (χ1n) is 7.66. The maximum Gasteiger partial charge on any atom is 0.335 e. The number of carbonyl (C=O) groups is 1. The van der Waals surface area contributed by atoms with Crippen LogP contribution in [0.3, 0.4) is 0 Å². The molecule has 2 aromatic carbocycles. The Morgan fingerprint density at radius 2 is 1.58 bits per heavy atom. The maximum atomic E-state index is 10.9. The monoisotopic (exact) mass is 340 g/mol. The molecule has 3 rings (SSSR count). The zero-order valence-corrected chi connectivity index (χ0v) is 13.5. The Kier molecular flexibility index (Phi) is 4.65. The van der Waals surface area contributed by atoms with Gasteiger partial charge in [-0.1, -0.05) is 12.1 Å². The zero-order valence-electron chi connectivity index (χ0n) is 13.5. The number of benzene rings is 2. The fraction of sp³-hybridized carbons (Fsp3) is 0. The summed E-state index contributed by atoms with van der Waals surface area (Å²) in [6, 6.07) is 20.8. The van der Waals surface area contributed by atoms with E-state index in [0.717, 1.165) is 5.56 Å². The van der Waals surface area contributed by atoms with Crippen molar-refractivity contribution in [3.05, 3.63) is 83.1 Å². The Bertz CT molecular complexity index is 1060. The molecule has 0 saturated carbocycles. The van der Waals surface area contributed by atoms with Crippen molar-refractivity contribution in [3.63, 3.8) is 0 Å². The molecule has 0 aliphatic heterocycles. The van der Waals surface area contributed by atoms with Crippen LogP contribution in [-0.4, -0.2) is 11.1 Å². The molecular formula is C21H12N2O3. The molecule has 5 nitrogen and oxygen atoms in total. The number of nitriles is 2. The van der Waals surface area contributed by atoms with Gasteiger partial charge in [0.15, 0.2) is 0 Å². The molecule has 0 fully saturated rings. The topological polar surface area (TPSA) is 98.0 Å². The van der Waals surface area contributed by atoms with Crippen LogP contribution in [0.5, 0.6) is 0 Å². The van der Waals surface area contributed by atoms with Crippen molar-refractivity contribution in [2.45, 2.75) is 0 Å². The highest BCUT2D eigenvalue weighted by atomic mass is 16.4. The van der Waals surface area contributed by atoms with Gasteiger partial charge in [-0.2, -0.15) is 10.5 Å². The molecule has 26 heavy (non-hydrogen) atoms. The van der Waals surface area contributed by atoms with Gasteiger partial charge in [0.2, 0.25) is 0 Å². The quantitative estimate of drug-likeness (QED) is 0.701. The minimum Gasteiger partial charge on any atom is -0.478 e. The number of furan rings is 1. The van der Waals surface area contributed by atoms with Gasteiger partial charge in [0, 0.05) is 5.56 Å². The third kappa shape index (κ3) is 3.53. The number of nitrogens with zero attached hydrogens (tertiary/aromatic N) is 2. The van der Waals surface area contributed by atoms with Crippen LogP contribution in [-0.2, 0) is 0 Å². The van der Waals surface area contributed by atoms with E-state index in [2.05, 4.69) is 12.1 Å². The molecule has 0 aliphatic rings. The number of hydrogen-bond donors (Lipinski definition) is 1. The van der Waals surface area contributed by atoms with Crippen molar-refractivity contribution in [1.29, 1.82) is 10.5 Å². The normalized spacial score (nSPS) is 10.8. The maximum absolute atomic E-state index is 10.9. The third-order valence-corrected chi connectivity index (χ3v) is 3.78. The largest absolute Gasteiger partial charge is 0.478 e. The lowest BCUT2D eigenvalue weighted by molar-refractivity contribution is 0.0697. The van der Waals surface area contributed by atoms with Crippen molar-refractivity contribution >= 4 is 17.6 Å². The molecule has 0 aliphatic carbocycles. The van der Waals surface area contributed by atoms with E-state index in [4.69, 9.17) is 14.8 Å². The molecule has 0 spiro atoms. The predicted molar refractivity (Wildman–Crippen MR) is 95.7 cm³/mol. The standard InChI is InChI=1S/C21H12N2O3/c22-12-14-1-3-16(4-2-14)20-10-9-19(26-20)11-18(13-23)15-5-7-17(8-6-15)21(24)25/h1-11H,(H,24,25)/b18-11-. The van der Waals surface area contributed by atoms with E-state index in [0.29, 0.717) is 28.2 Å². The van der Waals surface area contributed by atoms with Gasteiger partial charge in [0.1, 0.15) is 11.5 Å². The van der Waals surface area contributed by atoms with Gasteiger partial charge in [0.05, 0.1) is 28.8 Å². The van der Waals surface area contributed by atoms with E-state index in [1.54, 1.807) is 54.6 Å². The van der Waals surface area contributed by atoms with Crippen molar-refractivity contribution in [1.82, 2.24) is 0 Å². The minimum atomic E-state index is -1.02. The molecule has 0 saturated heterocycles. The smallest absolute Gasteiger partial charge is 0.335 e. The summed E-state index contributed by atoms with van der Waals surface area (Å²) in [4.78, 5) is 10.9. The van der Waals surface area contributed by atoms with E-state index in [1.807, 2.05) is 0 Å². The van der Waals surface area contributed by atoms with Crippen LogP contribution >= 0.6 is 0 Å². The average Bonchev–Trinajstić information content (AvgIpc) is 3.15. The molecule has 1 heterocycles.